The summed E-state index contributed by atoms with van der Waals surface area (Å²) in [5, 5.41) is 9.30. The van der Waals surface area contributed by atoms with Crippen molar-refractivity contribution in [2.45, 2.75) is 32.3 Å². The van der Waals surface area contributed by atoms with Crippen molar-refractivity contribution in [3.63, 3.8) is 0 Å². The van der Waals surface area contributed by atoms with Gasteiger partial charge in [-0.15, -0.1) is 0 Å². The number of carbonyl (C=O) groups excluding carboxylic acids is 1. The first-order valence-electron chi connectivity index (χ1n) is 4.06. The highest BCUT2D eigenvalue weighted by Gasteiger charge is 2.11. The van der Waals surface area contributed by atoms with E-state index in [4.69, 9.17) is 0 Å². The maximum absolute atomic E-state index is 10.8. The number of rotatable bonds is 5. The van der Waals surface area contributed by atoms with Crippen LogP contribution < -0.4 is 0 Å². The van der Waals surface area contributed by atoms with E-state index < -0.39 is 12.1 Å². The normalized spacial score (nSPS) is 12.2. The summed E-state index contributed by atoms with van der Waals surface area (Å²) in [5.74, 6) is -0.440. The Morgan fingerprint density at radius 2 is 2.25 bits per heavy atom. The Balaban J connectivity index is 3.76. The minimum Gasteiger partial charge on any atom is -0.466 e. The van der Waals surface area contributed by atoms with Gasteiger partial charge in [0, 0.05) is 12.0 Å². The van der Waals surface area contributed by atoms with Gasteiger partial charge in [-0.05, 0) is 6.42 Å². The second-order valence-electron chi connectivity index (χ2n) is 2.74. The largest absolute Gasteiger partial charge is 0.466 e. The van der Waals surface area contributed by atoms with Crippen molar-refractivity contribution in [3.8, 4) is 0 Å². The van der Waals surface area contributed by atoms with Crippen molar-refractivity contribution in [3.05, 3.63) is 12.2 Å². The molecule has 0 aliphatic carbocycles. The van der Waals surface area contributed by atoms with Gasteiger partial charge < -0.3 is 9.84 Å². The molecule has 3 heteroatoms. The van der Waals surface area contributed by atoms with Crippen LogP contribution in [0.4, 0.5) is 0 Å². The molecule has 0 aromatic heterocycles. The van der Waals surface area contributed by atoms with E-state index >= 15 is 0 Å². The summed E-state index contributed by atoms with van der Waals surface area (Å²) in [5.41, 5.74) is 0.332. The number of ether oxygens (including phenoxy) is 1. The van der Waals surface area contributed by atoms with E-state index in [1.807, 2.05) is 6.92 Å². The Kier molecular flexibility index (Phi) is 5.37. The molecular weight excluding hydrogens is 156 g/mol. The Bertz CT molecular complexity index is 163. The molecule has 0 saturated carbocycles. The van der Waals surface area contributed by atoms with Gasteiger partial charge in [0.25, 0.3) is 0 Å². The molecule has 3 nitrogen and oxygen atoms in total. The van der Waals surface area contributed by atoms with E-state index in [9.17, 15) is 9.90 Å². The first-order valence-corrected chi connectivity index (χ1v) is 4.06. The van der Waals surface area contributed by atoms with Gasteiger partial charge in [-0.2, -0.15) is 0 Å². The Labute approximate surface area is 73.0 Å². The number of aliphatic hydroxyl groups is 1. The minimum absolute atomic E-state index is 0.306. The van der Waals surface area contributed by atoms with Gasteiger partial charge in [-0.25, -0.2) is 4.79 Å². The van der Waals surface area contributed by atoms with Crippen molar-refractivity contribution >= 4 is 5.97 Å². The van der Waals surface area contributed by atoms with Crippen molar-refractivity contribution in [2.75, 3.05) is 7.11 Å². The lowest BCUT2D eigenvalue weighted by atomic mass is 10.1. The molecule has 12 heavy (non-hydrogen) atoms. The van der Waals surface area contributed by atoms with Gasteiger partial charge in [-0.1, -0.05) is 19.9 Å². The summed E-state index contributed by atoms with van der Waals surface area (Å²) in [6.45, 7) is 5.49. The molecule has 0 unspecified atom stereocenters. The van der Waals surface area contributed by atoms with Gasteiger partial charge in [0.05, 0.1) is 13.2 Å². The fraction of sp³-hybridized carbons (Fsp3) is 0.667. The lowest BCUT2D eigenvalue weighted by Gasteiger charge is -2.09. The van der Waals surface area contributed by atoms with E-state index in [0.717, 1.165) is 6.42 Å². The third-order valence-electron chi connectivity index (χ3n) is 1.58. The predicted octanol–water partition coefficient (Wildman–Crippen LogP) is 1.27. The average Bonchev–Trinajstić information content (AvgIpc) is 2.03. The number of aliphatic hydroxyl groups excluding tert-OH is 1. The fourth-order valence-electron chi connectivity index (χ4n) is 0.947. The van der Waals surface area contributed by atoms with Crippen LogP contribution in [0.25, 0.3) is 0 Å². The van der Waals surface area contributed by atoms with Crippen LogP contribution in [0.2, 0.25) is 0 Å². The van der Waals surface area contributed by atoms with Gasteiger partial charge in [-0.3, -0.25) is 0 Å². The summed E-state index contributed by atoms with van der Waals surface area (Å²) >= 11 is 0. The van der Waals surface area contributed by atoms with Gasteiger partial charge in [0.2, 0.25) is 0 Å². The highest BCUT2D eigenvalue weighted by molar-refractivity contribution is 5.87. The zero-order chi connectivity index (χ0) is 9.56. The maximum atomic E-state index is 10.8. The Morgan fingerprint density at radius 1 is 1.67 bits per heavy atom. The number of esters is 1. The third kappa shape index (κ3) is 4.13. The van der Waals surface area contributed by atoms with Crippen LogP contribution in [0.1, 0.15) is 26.2 Å². The number of hydrogen-bond acceptors (Lipinski definition) is 3. The molecule has 0 saturated heterocycles. The van der Waals surface area contributed by atoms with E-state index in [-0.39, 0.29) is 0 Å². The lowest BCUT2D eigenvalue weighted by Crippen LogP contribution is -2.12. The SMILES string of the molecule is C=C(C[C@H](O)CCC)C(=O)OC. The fourth-order valence-corrected chi connectivity index (χ4v) is 0.947. The monoisotopic (exact) mass is 172 g/mol. The van der Waals surface area contributed by atoms with Crippen LogP contribution in [-0.4, -0.2) is 24.3 Å². The molecular formula is C9H16O3. The highest BCUT2D eigenvalue weighted by Crippen LogP contribution is 2.09. The minimum atomic E-state index is -0.471. The Morgan fingerprint density at radius 3 is 2.67 bits per heavy atom. The highest BCUT2D eigenvalue weighted by atomic mass is 16.5. The summed E-state index contributed by atoms with van der Waals surface area (Å²) < 4.78 is 4.44. The molecule has 0 aliphatic heterocycles. The number of hydrogen-bond donors (Lipinski definition) is 1. The van der Waals surface area contributed by atoms with Crippen molar-refractivity contribution in [1.29, 1.82) is 0 Å². The molecule has 1 atom stereocenters. The summed E-state index contributed by atoms with van der Waals surface area (Å²) in [7, 11) is 1.31. The molecule has 0 aromatic carbocycles. The van der Waals surface area contributed by atoms with Gasteiger partial charge >= 0.3 is 5.97 Å². The standard InChI is InChI=1S/C9H16O3/c1-4-5-8(10)6-7(2)9(11)12-3/h8,10H,2,4-6H2,1,3H3/t8-/m1/s1. The van der Waals surface area contributed by atoms with Gasteiger partial charge in [0.15, 0.2) is 0 Å². The Hall–Kier alpha value is -0.830. The molecule has 0 amide bonds. The first-order chi connectivity index (χ1) is 5.61. The molecule has 0 heterocycles. The van der Waals surface area contributed by atoms with Crippen LogP contribution in [0.3, 0.4) is 0 Å². The predicted molar refractivity (Wildman–Crippen MR) is 46.7 cm³/mol. The molecule has 0 rings (SSSR count). The molecule has 0 spiro atoms. The zero-order valence-corrected chi connectivity index (χ0v) is 7.67. The second-order valence-corrected chi connectivity index (χ2v) is 2.74. The van der Waals surface area contributed by atoms with Crippen molar-refractivity contribution in [2.24, 2.45) is 0 Å². The van der Waals surface area contributed by atoms with E-state index in [1.165, 1.54) is 7.11 Å². The molecule has 1 N–H and O–H groups in total. The second kappa shape index (κ2) is 5.77. The summed E-state index contributed by atoms with van der Waals surface area (Å²) in [6.07, 6.45) is 1.42. The topological polar surface area (TPSA) is 46.5 Å². The molecule has 0 aliphatic rings. The molecule has 0 fully saturated rings. The van der Waals surface area contributed by atoms with Crippen LogP contribution in [0.5, 0.6) is 0 Å². The number of carbonyl (C=O) groups is 1. The molecule has 0 bridgehead atoms. The van der Waals surface area contributed by atoms with Crippen LogP contribution in [0, 0.1) is 0 Å². The smallest absolute Gasteiger partial charge is 0.333 e. The van der Waals surface area contributed by atoms with E-state index in [1.54, 1.807) is 0 Å². The maximum Gasteiger partial charge on any atom is 0.333 e. The summed E-state index contributed by atoms with van der Waals surface area (Å²) in [4.78, 5) is 10.8. The van der Waals surface area contributed by atoms with Crippen molar-refractivity contribution < 1.29 is 14.6 Å². The van der Waals surface area contributed by atoms with E-state index in [0.29, 0.717) is 18.4 Å². The van der Waals surface area contributed by atoms with Gasteiger partial charge in [0.1, 0.15) is 0 Å². The quantitative estimate of drug-likeness (QED) is 0.501. The lowest BCUT2D eigenvalue weighted by molar-refractivity contribution is -0.136. The third-order valence-corrected chi connectivity index (χ3v) is 1.58. The summed E-state index contributed by atoms with van der Waals surface area (Å²) in [6, 6.07) is 0. The van der Waals surface area contributed by atoms with E-state index in [2.05, 4.69) is 11.3 Å². The first kappa shape index (κ1) is 11.2. The zero-order valence-electron chi connectivity index (χ0n) is 7.67. The van der Waals surface area contributed by atoms with Crippen LogP contribution >= 0.6 is 0 Å². The molecule has 0 radical (unpaired) electrons. The molecule has 70 valence electrons. The van der Waals surface area contributed by atoms with Crippen LogP contribution in [0.15, 0.2) is 12.2 Å². The van der Waals surface area contributed by atoms with Crippen molar-refractivity contribution in [1.82, 2.24) is 0 Å². The van der Waals surface area contributed by atoms with Crippen LogP contribution in [-0.2, 0) is 9.53 Å². The average molecular weight is 172 g/mol. The number of methoxy groups -OCH3 is 1. The molecule has 0 aromatic rings.